The molecule has 1 saturated carbocycles. The van der Waals surface area contributed by atoms with Crippen molar-refractivity contribution >= 4 is 26.7 Å². The van der Waals surface area contributed by atoms with E-state index in [-0.39, 0.29) is 5.41 Å². The Bertz CT molecular complexity index is 605. The molecule has 1 aliphatic rings. The van der Waals surface area contributed by atoms with Gasteiger partial charge < -0.3 is 10.5 Å². The second kappa shape index (κ2) is 4.25. The maximum absolute atomic E-state index is 5.93. The molecule has 0 atom stereocenters. The first-order valence-corrected chi connectivity index (χ1v) is 6.96. The molecular weight excluding hydrogens is 290 g/mol. The second-order valence-corrected chi connectivity index (χ2v) is 5.94. The first kappa shape index (κ1) is 12.0. The van der Waals surface area contributed by atoms with Gasteiger partial charge in [-0.2, -0.15) is 0 Å². The quantitative estimate of drug-likeness (QED) is 0.940. The number of rotatable bonds is 3. The first-order valence-electron chi connectivity index (χ1n) is 6.16. The van der Waals surface area contributed by atoms with Crippen molar-refractivity contribution in [2.75, 3.05) is 13.7 Å². The van der Waals surface area contributed by atoms with Crippen LogP contribution in [0, 0.1) is 0 Å². The fourth-order valence-electron chi connectivity index (χ4n) is 2.57. The van der Waals surface area contributed by atoms with Crippen LogP contribution in [0.2, 0.25) is 0 Å². The lowest BCUT2D eigenvalue weighted by Gasteiger charge is -2.18. The van der Waals surface area contributed by atoms with Gasteiger partial charge in [-0.25, -0.2) is 0 Å². The minimum atomic E-state index is 0.155. The van der Waals surface area contributed by atoms with Crippen molar-refractivity contribution in [2.45, 2.75) is 18.3 Å². The van der Waals surface area contributed by atoms with Gasteiger partial charge in [0.05, 0.1) is 7.11 Å². The van der Waals surface area contributed by atoms with E-state index >= 15 is 0 Å². The first-order chi connectivity index (χ1) is 8.68. The van der Waals surface area contributed by atoms with Crippen LogP contribution in [0.25, 0.3) is 10.8 Å². The van der Waals surface area contributed by atoms with Crippen LogP contribution in [0.4, 0.5) is 0 Å². The van der Waals surface area contributed by atoms with Gasteiger partial charge in [0.25, 0.3) is 0 Å². The molecular formula is C15H16BrNO. The van der Waals surface area contributed by atoms with E-state index in [2.05, 4.69) is 46.3 Å². The second-order valence-electron chi connectivity index (χ2n) is 5.03. The van der Waals surface area contributed by atoms with Gasteiger partial charge >= 0.3 is 0 Å². The van der Waals surface area contributed by atoms with E-state index in [1.807, 2.05) is 0 Å². The topological polar surface area (TPSA) is 35.2 Å². The van der Waals surface area contributed by atoms with E-state index < -0.39 is 0 Å². The lowest BCUT2D eigenvalue weighted by molar-refractivity contribution is 0.405. The van der Waals surface area contributed by atoms with Crippen LogP contribution >= 0.6 is 15.9 Å². The van der Waals surface area contributed by atoms with Gasteiger partial charge in [-0.3, -0.25) is 0 Å². The average Bonchev–Trinajstić information content (AvgIpc) is 3.18. The third kappa shape index (κ3) is 1.82. The number of methoxy groups -OCH3 is 1. The monoisotopic (exact) mass is 305 g/mol. The Labute approximate surface area is 115 Å². The summed E-state index contributed by atoms with van der Waals surface area (Å²) in [4.78, 5) is 0. The number of nitrogens with two attached hydrogens (primary N) is 1. The summed E-state index contributed by atoms with van der Waals surface area (Å²) in [5.74, 6) is 0.966. The third-order valence-electron chi connectivity index (χ3n) is 3.94. The Balaban J connectivity index is 2.23. The van der Waals surface area contributed by atoms with E-state index in [4.69, 9.17) is 10.5 Å². The molecule has 0 amide bonds. The van der Waals surface area contributed by atoms with Gasteiger partial charge in [-0.15, -0.1) is 0 Å². The summed E-state index contributed by atoms with van der Waals surface area (Å²) in [6.45, 7) is 0.697. The summed E-state index contributed by atoms with van der Waals surface area (Å²) < 4.78 is 6.65. The predicted molar refractivity (Wildman–Crippen MR) is 78.2 cm³/mol. The van der Waals surface area contributed by atoms with Crippen molar-refractivity contribution in [1.82, 2.24) is 0 Å². The fraction of sp³-hybridized carbons (Fsp3) is 0.333. The molecule has 1 fully saturated rings. The van der Waals surface area contributed by atoms with Crippen LogP contribution in [0.15, 0.2) is 34.8 Å². The van der Waals surface area contributed by atoms with Crippen molar-refractivity contribution < 1.29 is 4.74 Å². The van der Waals surface area contributed by atoms with E-state index in [0.717, 1.165) is 10.2 Å². The largest absolute Gasteiger partial charge is 0.496 e. The van der Waals surface area contributed by atoms with Crippen LogP contribution in [-0.2, 0) is 5.41 Å². The lowest BCUT2D eigenvalue weighted by Crippen LogP contribution is -2.20. The van der Waals surface area contributed by atoms with Gasteiger partial charge in [-0.05, 0) is 47.9 Å². The predicted octanol–water partition coefficient (Wildman–Crippen LogP) is 3.60. The van der Waals surface area contributed by atoms with Crippen molar-refractivity contribution in [2.24, 2.45) is 5.73 Å². The van der Waals surface area contributed by atoms with E-state index in [0.29, 0.717) is 6.54 Å². The Morgan fingerprint density at radius 1 is 1.22 bits per heavy atom. The molecule has 0 heterocycles. The van der Waals surface area contributed by atoms with Crippen LogP contribution in [-0.4, -0.2) is 13.7 Å². The maximum atomic E-state index is 5.93. The molecule has 0 aliphatic heterocycles. The van der Waals surface area contributed by atoms with Gasteiger partial charge in [-0.1, -0.05) is 22.0 Å². The molecule has 3 rings (SSSR count). The molecule has 1 aliphatic carbocycles. The van der Waals surface area contributed by atoms with Crippen LogP contribution < -0.4 is 10.5 Å². The van der Waals surface area contributed by atoms with Crippen molar-refractivity contribution in [1.29, 1.82) is 0 Å². The van der Waals surface area contributed by atoms with Gasteiger partial charge in [0.2, 0.25) is 0 Å². The summed E-state index contributed by atoms with van der Waals surface area (Å²) in [5, 5.41) is 2.44. The van der Waals surface area contributed by atoms with Crippen LogP contribution in [0.1, 0.15) is 18.4 Å². The highest BCUT2D eigenvalue weighted by molar-refractivity contribution is 9.10. The molecule has 2 N–H and O–H groups in total. The molecule has 0 radical (unpaired) electrons. The number of halogens is 1. The maximum Gasteiger partial charge on any atom is 0.123 e. The van der Waals surface area contributed by atoms with E-state index in [1.165, 1.54) is 29.2 Å². The third-order valence-corrected chi connectivity index (χ3v) is 4.43. The average molecular weight is 306 g/mol. The molecule has 0 spiro atoms. The van der Waals surface area contributed by atoms with E-state index in [1.54, 1.807) is 7.11 Å². The minimum absolute atomic E-state index is 0.155. The fourth-order valence-corrected chi connectivity index (χ4v) is 2.94. The SMILES string of the molecule is COc1cc2ccc(Br)cc2cc1C1(CN)CC1. The van der Waals surface area contributed by atoms with Crippen molar-refractivity contribution in [3.8, 4) is 5.75 Å². The van der Waals surface area contributed by atoms with Gasteiger partial charge in [0.15, 0.2) is 0 Å². The highest BCUT2D eigenvalue weighted by atomic mass is 79.9. The zero-order valence-electron chi connectivity index (χ0n) is 10.4. The highest BCUT2D eigenvalue weighted by Crippen LogP contribution is 2.51. The standard InChI is InChI=1S/C15H16BrNO/c1-18-14-8-10-2-3-12(16)6-11(10)7-13(14)15(9-17)4-5-15/h2-3,6-8H,4-5,9,17H2,1H3. The normalized spacial score (nSPS) is 16.8. The van der Waals surface area contributed by atoms with Crippen LogP contribution in [0.3, 0.4) is 0 Å². The summed E-state index contributed by atoms with van der Waals surface area (Å²) >= 11 is 3.52. The Kier molecular flexibility index (Phi) is 2.83. The van der Waals surface area contributed by atoms with Gasteiger partial charge in [0, 0.05) is 22.0 Å². The zero-order valence-corrected chi connectivity index (χ0v) is 12.0. The van der Waals surface area contributed by atoms with E-state index in [9.17, 15) is 0 Å². The molecule has 0 saturated heterocycles. The summed E-state index contributed by atoms with van der Waals surface area (Å²) in [5.41, 5.74) is 7.35. The summed E-state index contributed by atoms with van der Waals surface area (Å²) in [6, 6.07) is 10.7. The highest BCUT2D eigenvalue weighted by Gasteiger charge is 2.44. The molecule has 2 aromatic rings. The summed E-state index contributed by atoms with van der Waals surface area (Å²) in [7, 11) is 1.73. The van der Waals surface area contributed by atoms with Crippen molar-refractivity contribution in [3.05, 3.63) is 40.4 Å². The Morgan fingerprint density at radius 3 is 2.61 bits per heavy atom. The minimum Gasteiger partial charge on any atom is -0.496 e. The number of fused-ring (bicyclic) bond motifs is 1. The molecule has 94 valence electrons. The van der Waals surface area contributed by atoms with Crippen LogP contribution in [0.5, 0.6) is 5.75 Å². The lowest BCUT2D eigenvalue weighted by atomic mass is 9.92. The van der Waals surface area contributed by atoms with Gasteiger partial charge in [0.1, 0.15) is 5.75 Å². The zero-order chi connectivity index (χ0) is 12.8. The number of benzene rings is 2. The molecule has 2 aromatic carbocycles. The number of hydrogen-bond acceptors (Lipinski definition) is 2. The smallest absolute Gasteiger partial charge is 0.123 e. The molecule has 0 aromatic heterocycles. The Morgan fingerprint density at radius 2 is 2.00 bits per heavy atom. The molecule has 3 heteroatoms. The summed E-state index contributed by atoms with van der Waals surface area (Å²) in [6.07, 6.45) is 2.33. The molecule has 0 bridgehead atoms. The number of ether oxygens (including phenoxy) is 1. The van der Waals surface area contributed by atoms with Crippen molar-refractivity contribution in [3.63, 3.8) is 0 Å². The Hall–Kier alpha value is -1.06. The number of hydrogen-bond donors (Lipinski definition) is 1. The molecule has 18 heavy (non-hydrogen) atoms. The molecule has 2 nitrogen and oxygen atoms in total. The molecule has 0 unspecified atom stereocenters.